The van der Waals surface area contributed by atoms with Gasteiger partial charge in [-0.2, -0.15) is 0 Å². The average Bonchev–Trinajstić information content (AvgIpc) is 3.11. The molecule has 0 saturated heterocycles. The van der Waals surface area contributed by atoms with Gasteiger partial charge in [0.25, 0.3) is 0 Å². The third-order valence-corrected chi connectivity index (χ3v) is 5.26. The van der Waals surface area contributed by atoms with E-state index in [1.807, 2.05) is 24.3 Å². The summed E-state index contributed by atoms with van der Waals surface area (Å²) < 4.78 is 31.9. The lowest BCUT2D eigenvalue weighted by Gasteiger charge is -2.07. The minimum absolute atomic E-state index is 0.0578. The number of thioether (sulfide) groups is 1. The lowest BCUT2D eigenvalue weighted by atomic mass is 10.3. The topological polar surface area (TPSA) is 76.1 Å². The molecule has 0 spiro atoms. The van der Waals surface area contributed by atoms with Crippen molar-refractivity contribution in [2.24, 2.45) is 0 Å². The molecule has 0 aliphatic carbocycles. The van der Waals surface area contributed by atoms with E-state index in [9.17, 15) is 13.6 Å². The van der Waals surface area contributed by atoms with E-state index in [4.69, 9.17) is 4.74 Å². The average molecular weight is 408 g/mol. The zero-order valence-corrected chi connectivity index (χ0v) is 15.7. The van der Waals surface area contributed by atoms with Gasteiger partial charge in [0.05, 0.1) is 18.6 Å². The Balaban J connectivity index is 1.54. The summed E-state index contributed by atoms with van der Waals surface area (Å²) in [5.41, 5.74) is 0.944. The molecule has 0 bridgehead atoms. The molecule has 140 valence electrons. The van der Waals surface area contributed by atoms with Gasteiger partial charge < -0.3 is 15.4 Å². The van der Waals surface area contributed by atoms with Gasteiger partial charge in [0.1, 0.15) is 5.75 Å². The van der Waals surface area contributed by atoms with E-state index < -0.39 is 11.6 Å². The Morgan fingerprint density at radius 3 is 2.78 bits per heavy atom. The molecular weight excluding hydrogens is 394 g/mol. The molecule has 0 saturated carbocycles. The SMILES string of the molecule is COc1ccccc1Nc1nnc(SCC(=O)Nc2ccc(F)c(F)c2)s1. The van der Waals surface area contributed by atoms with E-state index in [1.165, 1.54) is 29.2 Å². The first-order chi connectivity index (χ1) is 13.0. The number of nitrogens with one attached hydrogen (secondary N) is 2. The fourth-order valence-electron chi connectivity index (χ4n) is 2.08. The first-order valence-corrected chi connectivity index (χ1v) is 9.46. The van der Waals surface area contributed by atoms with Gasteiger partial charge in [-0.15, -0.1) is 10.2 Å². The van der Waals surface area contributed by atoms with Crippen molar-refractivity contribution in [3.05, 3.63) is 54.1 Å². The standard InChI is InChI=1S/C17H14F2N4O2S2/c1-25-14-5-3-2-4-13(14)21-16-22-23-17(27-16)26-9-15(24)20-10-6-7-11(18)12(19)8-10/h2-8H,9H2,1H3,(H,20,24)(H,21,22). The van der Waals surface area contributed by atoms with Gasteiger partial charge in [0, 0.05) is 11.8 Å². The maximum atomic E-state index is 13.2. The molecule has 3 aromatic rings. The summed E-state index contributed by atoms with van der Waals surface area (Å²) in [7, 11) is 1.58. The normalized spacial score (nSPS) is 10.5. The summed E-state index contributed by atoms with van der Waals surface area (Å²) >= 11 is 2.47. The van der Waals surface area contributed by atoms with Gasteiger partial charge in [-0.1, -0.05) is 35.2 Å². The highest BCUT2D eigenvalue weighted by Crippen LogP contribution is 2.31. The highest BCUT2D eigenvalue weighted by molar-refractivity contribution is 8.01. The van der Waals surface area contributed by atoms with Crippen LogP contribution >= 0.6 is 23.1 Å². The second kappa shape index (κ2) is 8.78. The minimum Gasteiger partial charge on any atom is -0.495 e. The summed E-state index contributed by atoms with van der Waals surface area (Å²) in [6.07, 6.45) is 0. The van der Waals surface area contributed by atoms with Crippen LogP contribution in [0.2, 0.25) is 0 Å². The fraction of sp³-hybridized carbons (Fsp3) is 0.118. The maximum absolute atomic E-state index is 13.2. The highest BCUT2D eigenvalue weighted by Gasteiger charge is 2.11. The Labute approximate surface area is 162 Å². The molecular formula is C17H14F2N4O2S2. The summed E-state index contributed by atoms with van der Waals surface area (Å²) in [5, 5.41) is 14.2. The van der Waals surface area contributed by atoms with Gasteiger partial charge in [0.2, 0.25) is 11.0 Å². The second-order valence-electron chi connectivity index (χ2n) is 5.16. The van der Waals surface area contributed by atoms with Crippen LogP contribution in [-0.2, 0) is 4.79 Å². The zero-order chi connectivity index (χ0) is 19.2. The summed E-state index contributed by atoms with van der Waals surface area (Å²) in [4.78, 5) is 11.9. The predicted molar refractivity (Wildman–Crippen MR) is 102 cm³/mol. The van der Waals surface area contributed by atoms with Crippen molar-refractivity contribution in [2.45, 2.75) is 4.34 Å². The van der Waals surface area contributed by atoms with Crippen molar-refractivity contribution in [3.8, 4) is 5.75 Å². The molecule has 6 nitrogen and oxygen atoms in total. The van der Waals surface area contributed by atoms with Crippen molar-refractivity contribution in [3.63, 3.8) is 0 Å². The number of ether oxygens (including phenoxy) is 1. The Kier molecular flexibility index (Phi) is 6.20. The number of hydrogen-bond acceptors (Lipinski definition) is 7. The van der Waals surface area contributed by atoms with Crippen molar-refractivity contribution in [2.75, 3.05) is 23.5 Å². The number of methoxy groups -OCH3 is 1. The molecule has 0 fully saturated rings. The largest absolute Gasteiger partial charge is 0.495 e. The third-order valence-electron chi connectivity index (χ3n) is 3.29. The number of benzene rings is 2. The first kappa shape index (κ1) is 19.1. The van der Waals surface area contributed by atoms with E-state index in [-0.39, 0.29) is 17.3 Å². The smallest absolute Gasteiger partial charge is 0.234 e. The highest BCUT2D eigenvalue weighted by atomic mass is 32.2. The van der Waals surface area contributed by atoms with Crippen molar-refractivity contribution in [1.82, 2.24) is 10.2 Å². The first-order valence-electron chi connectivity index (χ1n) is 7.66. The lowest BCUT2D eigenvalue weighted by Crippen LogP contribution is -2.14. The van der Waals surface area contributed by atoms with Crippen LogP contribution in [0.4, 0.5) is 25.3 Å². The summed E-state index contributed by atoms with van der Waals surface area (Å²) in [6.45, 7) is 0. The Hall–Kier alpha value is -2.72. The summed E-state index contributed by atoms with van der Waals surface area (Å²) in [5.74, 6) is -1.61. The summed E-state index contributed by atoms with van der Waals surface area (Å²) in [6, 6.07) is 10.6. The molecule has 2 aromatic carbocycles. The third kappa shape index (κ3) is 5.14. The molecule has 10 heteroatoms. The predicted octanol–water partition coefficient (Wildman–Crippen LogP) is 4.30. The molecule has 2 N–H and O–H groups in total. The number of amides is 1. The number of nitrogens with zero attached hydrogens (tertiary/aromatic N) is 2. The molecule has 0 aliphatic rings. The van der Waals surface area contributed by atoms with Gasteiger partial charge >= 0.3 is 0 Å². The van der Waals surface area contributed by atoms with Crippen LogP contribution in [0.25, 0.3) is 0 Å². The van der Waals surface area contributed by atoms with Crippen molar-refractivity contribution < 1.29 is 18.3 Å². The molecule has 1 heterocycles. The number of carbonyl (C=O) groups excluding carboxylic acids is 1. The van der Waals surface area contributed by atoms with Crippen LogP contribution < -0.4 is 15.4 Å². The van der Waals surface area contributed by atoms with Gasteiger partial charge in [0.15, 0.2) is 16.0 Å². The maximum Gasteiger partial charge on any atom is 0.234 e. The number of para-hydroxylation sites is 2. The van der Waals surface area contributed by atoms with E-state index in [0.717, 1.165) is 17.8 Å². The zero-order valence-electron chi connectivity index (χ0n) is 14.0. The number of aromatic nitrogens is 2. The van der Waals surface area contributed by atoms with Crippen LogP contribution in [0.15, 0.2) is 46.8 Å². The minimum atomic E-state index is -1.02. The molecule has 3 rings (SSSR count). The van der Waals surface area contributed by atoms with Gasteiger partial charge in [-0.05, 0) is 24.3 Å². The molecule has 0 aliphatic heterocycles. The van der Waals surface area contributed by atoms with Gasteiger partial charge in [-0.25, -0.2) is 8.78 Å². The number of hydrogen-bond donors (Lipinski definition) is 2. The van der Waals surface area contributed by atoms with Crippen LogP contribution in [0.5, 0.6) is 5.75 Å². The van der Waals surface area contributed by atoms with Crippen LogP contribution in [0, 0.1) is 11.6 Å². The molecule has 1 aromatic heterocycles. The van der Waals surface area contributed by atoms with E-state index in [1.54, 1.807) is 7.11 Å². The fourth-order valence-corrected chi connectivity index (χ4v) is 3.64. The Morgan fingerprint density at radius 1 is 1.19 bits per heavy atom. The molecule has 0 atom stereocenters. The second-order valence-corrected chi connectivity index (χ2v) is 7.36. The van der Waals surface area contributed by atoms with Crippen LogP contribution in [-0.4, -0.2) is 29.0 Å². The van der Waals surface area contributed by atoms with Gasteiger partial charge in [-0.3, -0.25) is 4.79 Å². The van der Waals surface area contributed by atoms with Crippen LogP contribution in [0.3, 0.4) is 0 Å². The van der Waals surface area contributed by atoms with E-state index in [0.29, 0.717) is 15.2 Å². The van der Waals surface area contributed by atoms with Crippen LogP contribution in [0.1, 0.15) is 0 Å². The Bertz CT molecular complexity index is 952. The number of rotatable bonds is 7. The Morgan fingerprint density at radius 2 is 2.00 bits per heavy atom. The van der Waals surface area contributed by atoms with E-state index >= 15 is 0 Å². The quantitative estimate of drug-likeness (QED) is 0.568. The molecule has 0 radical (unpaired) electrons. The van der Waals surface area contributed by atoms with Crippen molar-refractivity contribution in [1.29, 1.82) is 0 Å². The molecule has 1 amide bonds. The number of anilines is 3. The molecule has 27 heavy (non-hydrogen) atoms. The lowest BCUT2D eigenvalue weighted by molar-refractivity contribution is -0.113. The number of halogens is 2. The van der Waals surface area contributed by atoms with Crippen molar-refractivity contribution >= 4 is 45.5 Å². The number of carbonyl (C=O) groups is 1. The molecule has 0 unspecified atom stereocenters. The van der Waals surface area contributed by atoms with E-state index in [2.05, 4.69) is 20.8 Å². The monoisotopic (exact) mass is 408 g/mol.